The van der Waals surface area contributed by atoms with Gasteiger partial charge < -0.3 is 15.1 Å². The summed E-state index contributed by atoms with van der Waals surface area (Å²) in [4.78, 5) is 65.5. The topological polar surface area (TPSA) is 145 Å². The fraction of sp³-hybridized carbons (Fsp3) is 0.308. The van der Waals surface area contributed by atoms with E-state index in [-0.39, 0.29) is 41.9 Å². The third kappa shape index (κ3) is 5.93. The molecule has 14 heteroatoms. The molecule has 3 aromatic heterocycles. The Balaban J connectivity index is 0.872. The molecule has 7 heterocycles. The highest BCUT2D eigenvalue weighted by molar-refractivity contribution is 6.23. The molecule has 4 amide bonds. The molecule has 0 radical (unpaired) electrons. The Hall–Kier alpha value is -6.18. The Kier molecular flexibility index (Phi) is 8.09. The standard InChI is InChI=1S/C39H36FN9O4/c40-24-5-1-4-23(20-24)30-7-3-17-47(30)35-13-12-33-41-22-32(49(33)45-35)29-6-2-8-34(43-29)46-18-15-25(16-19-46)42-26-9-10-27-28(21-26)39(53)48(38(27)52)31-11-14-36(50)44-37(31)51/h1-2,4-6,8-10,12-13,20-22,25,30-31,42H,3,7,11,14-19H2,(H,44,50,51)/t30-,31?/m1/s1. The van der Waals surface area contributed by atoms with Crippen LogP contribution in [0.4, 0.5) is 21.7 Å². The van der Waals surface area contributed by atoms with Crippen LogP contribution in [0.2, 0.25) is 0 Å². The summed E-state index contributed by atoms with van der Waals surface area (Å²) in [6, 6.07) is 21.0. The lowest BCUT2D eigenvalue weighted by atomic mass is 10.0. The number of hydrogen-bond acceptors (Lipinski definition) is 10. The molecule has 3 fully saturated rings. The fourth-order valence-electron chi connectivity index (χ4n) is 8.08. The second-order valence-corrected chi connectivity index (χ2v) is 14.0. The first-order valence-electron chi connectivity index (χ1n) is 18.0. The predicted octanol–water partition coefficient (Wildman–Crippen LogP) is 4.75. The van der Waals surface area contributed by atoms with Crippen LogP contribution in [0, 0.1) is 5.82 Å². The van der Waals surface area contributed by atoms with Gasteiger partial charge >= 0.3 is 0 Å². The molecule has 5 aromatic rings. The molecule has 3 saturated heterocycles. The molecular formula is C39H36FN9O4. The molecule has 1 unspecified atom stereocenters. The average Bonchev–Trinajstić information content (AvgIpc) is 3.89. The Morgan fingerprint density at radius 2 is 1.62 bits per heavy atom. The summed E-state index contributed by atoms with van der Waals surface area (Å²) in [6.45, 7) is 2.34. The van der Waals surface area contributed by atoms with Crippen LogP contribution in [0.25, 0.3) is 17.0 Å². The third-order valence-electron chi connectivity index (χ3n) is 10.8. The summed E-state index contributed by atoms with van der Waals surface area (Å²) in [5, 5.41) is 10.8. The van der Waals surface area contributed by atoms with Gasteiger partial charge in [0.15, 0.2) is 5.65 Å². The molecule has 268 valence electrons. The fourth-order valence-corrected chi connectivity index (χ4v) is 8.08. The van der Waals surface area contributed by atoms with Crippen molar-refractivity contribution in [3.63, 3.8) is 0 Å². The van der Waals surface area contributed by atoms with Crippen LogP contribution in [-0.4, -0.2) is 79.8 Å². The molecule has 13 nitrogen and oxygen atoms in total. The molecular weight excluding hydrogens is 677 g/mol. The van der Waals surface area contributed by atoms with Gasteiger partial charge in [-0.15, -0.1) is 5.10 Å². The first kappa shape index (κ1) is 32.7. The molecule has 0 spiro atoms. The highest BCUT2D eigenvalue weighted by Gasteiger charge is 2.44. The van der Waals surface area contributed by atoms with Gasteiger partial charge in [-0.3, -0.25) is 29.4 Å². The van der Waals surface area contributed by atoms with Crippen molar-refractivity contribution in [2.45, 2.75) is 56.7 Å². The summed E-state index contributed by atoms with van der Waals surface area (Å²) in [6.07, 6.45) is 5.55. The molecule has 2 N–H and O–H groups in total. The summed E-state index contributed by atoms with van der Waals surface area (Å²) in [7, 11) is 0. The maximum absolute atomic E-state index is 14.1. The Morgan fingerprint density at radius 3 is 2.45 bits per heavy atom. The van der Waals surface area contributed by atoms with Crippen LogP contribution in [0.3, 0.4) is 0 Å². The minimum Gasteiger partial charge on any atom is -0.382 e. The highest BCUT2D eigenvalue weighted by atomic mass is 19.1. The second-order valence-electron chi connectivity index (χ2n) is 14.0. The monoisotopic (exact) mass is 713 g/mol. The summed E-state index contributed by atoms with van der Waals surface area (Å²) >= 11 is 0. The van der Waals surface area contributed by atoms with Gasteiger partial charge in [0.05, 0.1) is 29.1 Å². The number of pyridine rings is 1. The molecule has 2 atom stereocenters. The number of amides is 4. The lowest BCUT2D eigenvalue weighted by Gasteiger charge is -2.33. The van der Waals surface area contributed by atoms with E-state index in [2.05, 4.69) is 25.4 Å². The second kappa shape index (κ2) is 13.1. The van der Waals surface area contributed by atoms with E-state index in [1.165, 1.54) is 6.07 Å². The molecule has 2 aromatic carbocycles. The largest absolute Gasteiger partial charge is 0.382 e. The number of nitrogens with zero attached hydrogens (tertiary/aromatic N) is 7. The Morgan fingerprint density at radius 1 is 0.792 bits per heavy atom. The minimum atomic E-state index is -0.995. The number of imidazole rings is 1. The number of fused-ring (bicyclic) bond motifs is 2. The zero-order chi connectivity index (χ0) is 36.2. The van der Waals surface area contributed by atoms with Crippen molar-refractivity contribution in [3.8, 4) is 11.4 Å². The van der Waals surface area contributed by atoms with E-state index in [0.717, 1.165) is 84.5 Å². The van der Waals surface area contributed by atoms with E-state index >= 15 is 0 Å². The highest BCUT2D eigenvalue weighted by Crippen LogP contribution is 2.36. The predicted molar refractivity (Wildman–Crippen MR) is 194 cm³/mol. The van der Waals surface area contributed by atoms with Crippen molar-refractivity contribution in [2.75, 3.05) is 34.8 Å². The SMILES string of the molecule is O=C1CCC(N2C(=O)c3ccc(NC4CCN(c5cccc(-c6cnc7ccc(N8CCC[C@@H]8c8cccc(F)c8)nn67)n5)CC4)cc3C2=O)C(=O)N1. The first-order valence-corrected chi connectivity index (χ1v) is 18.0. The van der Waals surface area contributed by atoms with Gasteiger partial charge in [-0.2, -0.15) is 0 Å². The van der Waals surface area contributed by atoms with E-state index in [4.69, 9.17) is 10.1 Å². The molecule has 53 heavy (non-hydrogen) atoms. The molecule has 0 aliphatic carbocycles. The normalized spacial score (nSPS) is 20.7. The van der Waals surface area contributed by atoms with Crippen molar-refractivity contribution >= 4 is 46.6 Å². The number of rotatable bonds is 7. The molecule has 4 aliphatic heterocycles. The van der Waals surface area contributed by atoms with Crippen LogP contribution in [-0.2, 0) is 9.59 Å². The molecule has 9 rings (SSSR count). The van der Waals surface area contributed by atoms with Gasteiger partial charge in [-0.1, -0.05) is 18.2 Å². The lowest BCUT2D eigenvalue weighted by Crippen LogP contribution is -2.54. The smallest absolute Gasteiger partial charge is 0.262 e. The number of carbonyl (C=O) groups is 4. The molecule has 4 aliphatic rings. The number of nitrogens with one attached hydrogen (secondary N) is 2. The van der Waals surface area contributed by atoms with Crippen LogP contribution < -0.4 is 20.4 Å². The maximum atomic E-state index is 14.1. The van der Waals surface area contributed by atoms with E-state index < -0.39 is 29.7 Å². The van der Waals surface area contributed by atoms with Gasteiger partial charge in [0.2, 0.25) is 11.8 Å². The third-order valence-corrected chi connectivity index (χ3v) is 10.8. The summed E-state index contributed by atoms with van der Waals surface area (Å²) < 4.78 is 15.9. The van der Waals surface area contributed by atoms with Crippen LogP contribution in [0.15, 0.2) is 79.0 Å². The van der Waals surface area contributed by atoms with Gasteiger partial charge in [0.25, 0.3) is 11.8 Å². The summed E-state index contributed by atoms with van der Waals surface area (Å²) in [5.74, 6) is -0.648. The van der Waals surface area contributed by atoms with Gasteiger partial charge in [0, 0.05) is 37.8 Å². The van der Waals surface area contributed by atoms with E-state index in [0.29, 0.717) is 5.65 Å². The number of aromatic nitrogens is 4. The van der Waals surface area contributed by atoms with Gasteiger partial charge in [-0.25, -0.2) is 18.9 Å². The number of benzene rings is 2. The maximum Gasteiger partial charge on any atom is 0.262 e. The van der Waals surface area contributed by atoms with Crippen molar-refractivity contribution < 1.29 is 23.6 Å². The molecule has 0 bridgehead atoms. The van der Waals surface area contributed by atoms with Crippen LogP contribution >= 0.6 is 0 Å². The van der Waals surface area contributed by atoms with E-state index in [1.807, 2.05) is 40.9 Å². The van der Waals surface area contributed by atoms with Crippen molar-refractivity contribution in [1.82, 2.24) is 29.8 Å². The Labute approximate surface area is 303 Å². The first-order chi connectivity index (χ1) is 25.8. The zero-order valence-corrected chi connectivity index (χ0v) is 28.7. The number of imide groups is 2. The van der Waals surface area contributed by atoms with E-state index in [9.17, 15) is 23.6 Å². The minimum absolute atomic E-state index is 0.0474. The number of hydrogen-bond donors (Lipinski definition) is 2. The Bertz CT molecular complexity index is 2300. The zero-order valence-electron chi connectivity index (χ0n) is 28.7. The summed E-state index contributed by atoms with van der Waals surface area (Å²) in [5.41, 5.74) is 4.43. The van der Waals surface area contributed by atoms with Crippen LogP contribution in [0.5, 0.6) is 0 Å². The lowest BCUT2D eigenvalue weighted by molar-refractivity contribution is -0.136. The van der Waals surface area contributed by atoms with Gasteiger partial charge in [0.1, 0.15) is 29.2 Å². The number of carbonyl (C=O) groups excluding carboxylic acids is 4. The van der Waals surface area contributed by atoms with Crippen LogP contribution in [0.1, 0.15) is 70.8 Å². The number of halogens is 1. The van der Waals surface area contributed by atoms with Crippen molar-refractivity contribution in [3.05, 3.63) is 102 Å². The van der Waals surface area contributed by atoms with Crippen molar-refractivity contribution in [1.29, 1.82) is 0 Å². The average molecular weight is 714 g/mol. The van der Waals surface area contributed by atoms with E-state index in [1.54, 1.807) is 36.5 Å². The number of piperidine rings is 2. The van der Waals surface area contributed by atoms with Crippen molar-refractivity contribution in [2.24, 2.45) is 0 Å². The number of anilines is 3. The molecule has 0 saturated carbocycles. The quantitative estimate of drug-likeness (QED) is 0.227. The van der Waals surface area contributed by atoms with Gasteiger partial charge in [-0.05, 0) is 92.3 Å².